The topological polar surface area (TPSA) is 61.8 Å². The third-order valence-corrected chi connectivity index (χ3v) is 4.57. The van der Waals surface area contributed by atoms with Crippen molar-refractivity contribution in [2.75, 3.05) is 26.7 Å². The standard InChI is InChI=1S/C19H26N2O3/c1-4-11-21-12-9-16(10-13-21)19(23)20-14(2)18(22)15-5-7-17(24-3)8-6-15/h1,5-8,14,16,18,22H,9-13H2,2-3H3,(H,20,23). The summed E-state index contributed by atoms with van der Waals surface area (Å²) < 4.78 is 5.11. The summed E-state index contributed by atoms with van der Waals surface area (Å²) >= 11 is 0. The van der Waals surface area contributed by atoms with Crippen LogP contribution in [0.15, 0.2) is 24.3 Å². The Labute approximate surface area is 144 Å². The highest BCUT2D eigenvalue weighted by Crippen LogP contribution is 2.22. The van der Waals surface area contributed by atoms with Gasteiger partial charge in [-0.3, -0.25) is 9.69 Å². The summed E-state index contributed by atoms with van der Waals surface area (Å²) in [4.78, 5) is 14.6. The van der Waals surface area contributed by atoms with E-state index in [1.807, 2.05) is 19.1 Å². The van der Waals surface area contributed by atoms with E-state index in [1.54, 1.807) is 19.2 Å². The molecule has 1 amide bonds. The lowest BCUT2D eigenvalue weighted by atomic mass is 9.95. The van der Waals surface area contributed by atoms with Crippen molar-refractivity contribution in [3.05, 3.63) is 29.8 Å². The van der Waals surface area contributed by atoms with Crippen LogP contribution in [0, 0.1) is 18.3 Å². The summed E-state index contributed by atoms with van der Waals surface area (Å²) in [5.74, 6) is 3.38. The number of likely N-dealkylation sites (tertiary alicyclic amines) is 1. The van der Waals surface area contributed by atoms with Gasteiger partial charge >= 0.3 is 0 Å². The average molecular weight is 330 g/mol. The molecule has 1 fully saturated rings. The minimum Gasteiger partial charge on any atom is -0.497 e. The summed E-state index contributed by atoms with van der Waals surface area (Å²) in [5, 5.41) is 13.4. The molecule has 1 aromatic carbocycles. The van der Waals surface area contributed by atoms with Crippen molar-refractivity contribution in [1.29, 1.82) is 0 Å². The van der Waals surface area contributed by atoms with Gasteiger partial charge in [0.1, 0.15) is 5.75 Å². The van der Waals surface area contributed by atoms with Crippen LogP contribution in [-0.2, 0) is 4.79 Å². The molecule has 1 aliphatic heterocycles. The van der Waals surface area contributed by atoms with Gasteiger partial charge in [0.2, 0.25) is 5.91 Å². The Bertz CT molecular complexity index is 571. The molecule has 2 N–H and O–H groups in total. The molecule has 0 bridgehead atoms. The second kappa shape index (κ2) is 8.72. The van der Waals surface area contributed by atoms with E-state index in [-0.39, 0.29) is 17.9 Å². The fraction of sp³-hybridized carbons (Fsp3) is 0.526. The predicted molar refractivity (Wildman–Crippen MR) is 93.6 cm³/mol. The summed E-state index contributed by atoms with van der Waals surface area (Å²) in [7, 11) is 1.60. The molecule has 1 aromatic rings. The zero-order valence-corrected chi connectivity index (χ0v) is 14.4. The monoisotopic (exact) mass is 330 g/mol. The van der Waals surface area contributed by atoms with Crippen molar-refractivity contribution in [2.24, 2.45) is 5.92 Å². The van der Waals surface area contributed by atoms with Crippen LogP contribution in [0.4, 0.5) is 0 Å². The normalized spacial score (nSPS) is 18.4. The number of aliphatic hydroxyl groups is 1. The van der Waals surface area contributed by atoms with Gasteiger partial charge in [-0.25, -0.2) is 0 Å². The molecule has 0 saturated carbocycles. The van der Waals surface area contributed by atoms with Crippen molar-refractivity contribution in [1.82, 2.24) is 10.2 Å². The number of hydrogen-bond acceptors (Lipinski definition) is 4. The lowest BCUT2D eigenvalue weighted by molar-refractivity contribution is -0.127. The summed E-state index contributed by atoms with van der Waals surface area (Å²) in [6.07, 6.45) is 6.18. The van der Waals surface area contributed by atoms with Gasteiger partial charge in [-0.05, 0) is 50.6 Å². The van der Waals surface area contributed by atoms with Gasteiger partial charge < -0.3 is 15.2 Å². The number of nitrogens with one attached hydrogen (secondary N) is 1. The van der Waals surface area contributed by atoms with E-state index in [0.717, 1.165) is 37.2 Å². The van der Waals surface area contributed by atoms with Gasteiger partial charge in [-0.15, -0.1) is 6.42 Å². The first-order chi connectivity index (χ1) is 11.5. The van der Waals surface area contributed by atoms with Crippen LogP contribution < -0.4 is 10.1 Å². The van der Waals surface area contributed by atoms with Crippen LogP contribution in [-0.4, -0.2) is 48.7 Å². The fourth-order valence-electron chi connectivity index (χ4n) is 2.99. The van der Waals surface area contributed by atoms with E-state index in [1.165, 1.54) is 0 Å². The zero-order chi connectivity index (χ0) is 17.5. The molecule has 1 aliphatic rings. The Hall–Kier alpha value is -2.03. The van der Waals surface area contributed by atoms with Crippen LogP contribution in [0.2, 0.25) is 0 Å². The maximum atomic E-state index is 12.4. The number of hydrogen-bond donors (Lipinski definition) is 2. The second-order valence-electron chi connectivity index (χ2n) is 6.27. The first kappa shape index (κ1) is 18.3. The first-order valence-electron chi connectivity index (χ1n) is 8.33. The Morgan fingerprint density at radius 2 is 2.04 bits per heavy atom. The third-order valence-electron chi connectivity index (χ3n) is 4.57. The van der Waals surface area contributed by atoms with E-state index in [9.17, 15) is 9.90 Å². The Balaban J connectivity index is 1.85. The molecule has 5 nitrogen and oxygen atoms in total. The van der Waals surface area contributed by atoms with Crippen molar-refractivity contribution >= 4 is 5.91 Å². The van der Waals surface area contributed by atoms with Crippen LogP contribution in [0.3, 0.4) is 0 Å². The number of terminal acetylenes is 1. The SMILES string of the molecule is C#CCN1CCC(C(=O)NC(C)C(O)c2ccc(OC)cc2)CC1. The van der Waals surface area contributed by atoms with E-state index in [0.29, 0.717) is 6.54 Å². The minimum atomic E-state index is -0.749. The number of carbonyl (C=O) groups excluding carboxylic acids is 1. The number of benzene rings is 1. The Morgan fingerprint density at radius 1 is 1.42 bits per heavy atom. The van der Waals surface area contributed by atoms with E-state index in [2.05, 4.69) is 16.1 Å². The predicted octanol–water partition coefficient (Wildman–Crippen LogP) is 1.58. The number of carbonyl (C=O) groups is 1. The maximum Gasteiger partial charge on any atom is 0.223 e. The molecule has 2 unspecified atom stereocenters. The molecule has 24 heavy (non-hydrogen) atoms. The molecule has 2 rings (SSSR count). The lowest BCUT2D eigenvalue weighted by Crippen LogP contribution is -2.44. The highest BCUT2D eigenvalue weighted by molar-refractivity contribution is 5.79. The third kappa shape index (κ3) is 4.73. The largest absolute Gasteiger partial charge is 0.497 e. The zero-order valence-electron chi connectivity index (χ0n) is 14.4. The quantitative estimate of drug-likeness (QED) is 0.778. The number of ether oxygens (including phenoxy) is 1. The molecule has 5 heteroatoms. The number of amides is 1. The molecule has 0 radical (unpaired) electrons. The Morgan fingerprint density at radius 3 is 2.58 bits per heavy atom. The van der Waals surface area contributed by atoms with Gasteiger partial charge in [-0.1, -0.05) is 18.1 Å². The van der Waals surface area contributed by atoms with Crippen LogP contribution in [0.5, 0.6) is 5.75 Å². The summed E-state index contributed by atoms with van der Waals surface area (Å²) in [5.41, 5.74) is 0.757. The van der Waals surface area contributed by atoms with Crippen molar-refractivity contribution in [2.45, 2.75) is 31.9 Å². The second-order valence-corrected chi connectivity index (χ2v) is 6.27. The summed E-state index contributed by atoms with van der Waals surface area (Å²) in [6, 6.07) is 6.87. The van der Waals surface area contributed by atoms with Gasteiger partial charge in [0, 0.05) is 5.92 Å². The maximum absolute atomic E-state index is 12.4. The van der Waals surface area contributed by atoms with Crippen LogP contribution in [0.25, 0.3) is 0 Å². The van der Waals surface area contributed by atoms with Gasteiger partial charge in [0.25, 0.3) is 0 Å². The number of rotatable bonds is 6. The molecular formula is C19H26N2O3. The molecule has 0 aliphatic carbocycles. The minimum absolute atomic E-state index is 0.00965. The van der Waals surface area contributed by atoms with Crippen molar-refractivity contribution < 1.29 is 14.6 Å². The fourth-order valence-corrected chi connectivity index (χ4v) is 2.99. The molecule has 1 saturated heterocycles. The Kier molecular flexibility index (Phi) is 6.65. The van der Waals surface area contributed by atoms with E-state index < -0.39 is 6.10 Å². The molecule has 0 spiro atoms. The molecule has 0 aromatic heterocycles. The van der Waals surface area contributed by atoms with Crippen LogP contribution >= 0.6 is 0 Å². The summed E-state index contributed by atoms with van der Waals surface area (Å²) in [6.45, 7) is 4.15. The first-order valence-corrected chi connectivity index (χ1v) is 8.33. The highest BCUT2D eigenvalue weighted by Gasteiger charge is 2.27. The van der Waals surface area contributed by atoms with Crippen molar-refractivity contribution in [3.63, 3.8) is 0 Å². The molecular weight excluding hydrogens is 304 g/mol. The van der Waals surface area contributed by atoms with E-state index >= 15 is 0 Å². The number of methoxy groups -OCH3 is 1. The van der Waals surface area contributed by atoms with Gasteiger partial charge in [0.15, 0.2) is 0 Å². The lowest BCUT2D eigenvalue weighted by Gasteiger charge is -2.31. The molecule has 1 heterocycles. The smallest absolute Gasteiger partial charge is 0.223 e. The molecule has 130 valence electrons. The van der Waals surface area contributed by atoms with Gasteiger partial charge in [0.05, 0.1) is 25.8 Å². The number of aliphatic hydroxyl groups excluding tert-OH is 1. The van der Waals surface area contributed by atoms with Gasteiger partial charge in [-0.2, -0.15) is 0 Å². The van der Waals surface area contributed by atoms with Crippen molar-refractivity contribution in [3.8, 4) is 18.1 Å². The van der Waals surface area contributed by atoms with E-state index in [4.69, 9.17) is 11.2 Å². The molecule has 2 atom stereocenters. The number of piperidine rings is 1. The van der Waals surface area contributed by atoms with Crippen LogP contribution in [0.1, 0.15) is 31.4 Å². The number of nitrogens with zero attached hydrogens (tertiary/aromatic N) is 1. The highest BCUT2D eigenvalue weighted by atomic mass is 16.5. The average Bonchev–Trinajstić information content (AvgIpc) is 2.62.